The van der Waals surface area contributed by atoms with Gasteiger partial charge in [0.1, 0.15) is 78.6 Å². The van der Waals surface area contributed by atoms with Gasteiger partial charge in [-0.1, -0.05) is 38.5 Å². The molecule has 128 heavy (non-hydrogen) atoms. The average Bonchev–Trinajstić information content (AvgIpc) is 1.13. The van der Waals surface area contributed by atoms with E-state index in [9.17, 15) is 113 Å². The zero-order valence-electron chi connectivity index (χ0n) is 75.0. The third kappa shape index (κ3) is 46.7. The SMILES string of the molecule is CC(=O)NC1C(OCCCCC(=O)NCCCNC(=O)CCOCC(COCCC(=O)NCCCNC(=O)CCCCOC2OC(CO)C(O)C(O)C2NC(C)=O)(COCCC(=O)NCCCNC(=O)CCCCOC2OC(CO)C(O)C(O)C2NC(C)=O)NC(=O)CCCCCCCCCCC(=O)N2C[C@H](O)C[C@H]2COP(=O)(O)OC(C)(C)C)OC(CO)C(O)C1O. The Labute approximate surface area is 748 Å². The minimum Gasteiger partial charge on any atom is -0.394 e. The molecule has 21 N–H and O–H groups in total. The predicted molar refractivity (Wildman–Crippen MR) is 454 cm³/mol. The minimum absolute atomic E-state index is 0.0642. The van der Waals surface area contributed by atoms with Crippen LogP contribution in [0.1, 0.15) is 208 Å². The van der Waals surface area contributed by atoms with Crippen LogP contribution in [0.15, 0.2) is 0 Å². The number of hydrogen-bond donors (Lipinski definition) is 21. The highest BCUT2D eigenvalue weighted by atomic mass is 31.2. The van der Waals surface area contributed by atoms with E-state index < -0.39 is 184 Å². The Hall–Kier alpha value is -6.48. The van der Waals surface area contributed by atoms with Crippen LogP contribution in [-0.2, 0) is 109 Å². The van der Waals surface area contributed by atoms with Gasteiger partial charge < -0.3 is 157 Å². The van der Waals surface area contributed by atoms with Gasteiger partial charge in [0, 0.05) is 138 Å². The molecule has 45 nitrogen and oxygen atoms in total. The fourth-order valence-corrected chi connectivity index (χ4v) is 15.4. The largest absolute Gasteiger partial charge is 0.472 e. The Kier molecular flexibility index (Phi) is 55.9. The van der Waals surface area contributed by atoms with Crippen molar-refractivity contribution < 1.29 is 165 Å². The molecule has 740 valence electrons. The highest BCUT2D eigenvalue weighted by molar-refractivity contribution is 7.47. The molecular formula is C82H148N11O34P. The molecule has 0 saturated carbocycles. The maximum Gasteiger partial charge on any atom is 0.472 e. The maximum atomic E-state index is 14.1. The quantitative estimate of drug-likeness (QED) is 0.0205. The van der Waals surface area contributed by atoms with Gasteiger partial charge in [0.05, 0.1) is 83.8 Å². The van der Waals surface area contributed by atoms with Crippen LogP contribution in [0.3, 0.4) is 0 Å². The summed E-state index contributed by atoms with van der Waals surface area (Å²) < 4.78 is 75.1. The lowest BCUT2D eigenvalue weighted by molar-refractivity contribution is -0.270. The van der Waals surface area contributed by atoms with Crippen molar-refractivity contribution in [2.75, 3.05) is 132 Å². The van der Waals surface area contributed by atoms with Crippen LogP contribution in [0.25, 0.3) is 0 Å². The van der Waals surface area contributed by atoms with Crippen molar-refractivity contribution in [1.82, 2.24) is 58.1 Å². The number of phosphoric acid groups is 1. The molecule has 0 aromatic carbocycles. The number of β-amino-alcohol motifs (C(OH)–C–C–N with tert-alkyl or cyclic N) is 1. The van der Waals surface area contributed by atoms with E-state index in [4.69, 9.17) is 51.7 Å². The Bertz CT molecular complexity index is 3080. The molecule has 46 heteroatoms. The van der Waals surface area contributed by atoms with E-state index in [0.29, 0.717) is 77.0 Å². The van der Waals surface area contributed by atoms with E-state index in [1.165, 1.54) is 25.7 Å². The number of unbranched alkanes of at least 4 members (excludes halogenated alkanes) is 10. The molecule has 4 aliphatic rings. The highest BCUT2D eigenvalue weighted by Crippen LogP contribution is 2.48. The summed E-state index contributed by atoms with van der Waals surface area (Å²) in [5.74, 6) is -4.08. The summed E-state index contributed by atoms with van der Waals surface area (Å²) in [5.41, 5.74) is -2.42. The van der Waals surface area contributed by atoms with Crippen molar-refractivity contribution in [3.8, 4) is 0 Å². The number of rotatable bonds is 67. The van der Waals surface area contributed by atoms with E-state index >= 15 is 0 Å². The molecule has 0 aromatic rings. The number of ether oxygens (including phenoxy) is 9. The van der Waals surface area contributed by atoms with E-state index in [-0.39, 0.29) is 193 Å². The molecule has 16 unspecified atom stereocenters. The summed E-state index contributed by atoms with van der Waals surface area (Å²) in [6, 6.07) is -3.92. The van der Waals surface area contributed by atoms with Crippen LogP contribution in [0.5, 0.6) is 0 Å². The van der Waals surface area contributed by atoms with Gasteiger partial charge in [-0.3, -0.25) is 61.8 Å². The summed E-state index contributed by atoms with van der Waals surface area (Å²) in [6.07, 6.45) is -6.92. The normalized spacial score (nSPS) is 25.1. The summed E-state index contributed by atoms with van der Waals surface area (Å²) in [6.45, 7) is 6.62. The first-order valence-electron chi connectivity index (χ1n) is 44.7. The number of carbonyl (C=O) groups excluding carboxylic acids is 11. The van der Waals surface area contributed by atoms with Gasteiger partial charge in [0.25, 0.3) is 0 Å². The number of phosphoric ester groups is 1. The predicted octanol–water partition coefficient (Wildman–Crippen LogP) is -3.88. The second-order valence-corrected chi connectivity index (χ2v) is 34.9. The summed E-state index contributed by atoms with van der Waals surface area (Å²) in [4.78, 5) is 152. The van der Waals surface area contributed by atoms with Gasteiger partial charge in [-0.05, 0) is 97.8 Å². The smallest absolute Gasteiger partial charge is 0.394 e. The summed E-state index contributed by atoms with van der Waals surface area (Å²) in [5, 5.41) is 129. The monoisotopic (exact) mass is 1860 g/mol. The summed E-state index contributed by atoms with van der Waals surface area (Å²) in [7, 11) is -4.42. The third-order valence-electron chi connectivity index (χ3n) is 21.0. The summed E-state index contributed by atoms with van der Waals surface area (Å²) >= 11 is 0. The van der Waals surface area contributed by atoms with Crippen molar-refractivity contribution in [3.63, 3.8) is 0 Å². The van der Waals surface area contributed by atoms with E-state index in [0.717, 1.165) is 32.1 Å². The van der Waals surface area contributed by atoms with Gasteiger partial charge >= 0.3 is 7.82 Å². The molecule has 0 bridgehead atoms. The number of aliphatic hydroxyl groups excluding tert-OH is 10. The molecule has 18 atom stereocenters. The van der Waals surface area contributed by atoms with Crippen LogP contribution in [-0.4, -0.2) is 373 Å². The fraction of sp³-hybridized carbons (Fsp3) is 0.866. The molecule has 0 spiro atoms. The second-order valence-electron chi connectivity index (χ2n) is 33.6. The minimum atomic E-state index is -4.42. The Morgan fingerprint density at radius 2 is 0.688 bits per heavy atom. The number of nitrogens with one attached hydrogen (secondary N) is 10. The molecule has 0 aliphatic carbocycles. The zero-order chi connectivity index (χ0) is 94.6. The van der Waals surface area contributed by atoms with Crippen LogP contribution >= 0.6 is 7.82 Å². The van der Waals surface area contributed by atoms with Crippen LogP contribution < -0.4 is 53.2 Å². The molecule has 0 radical (unpaired) electrons. The number of hydrogen-bond acceptors (Lipinski definition) is 33. The Morgan fingerprint density at radius 3 is 1.00 bits per heavy atom. The lowest BCUT2D eigenvalue weighted by Crippen LogP contribution is -2.64. The van der Waals surface area contributed by atoms with Crippen molar-refractivity contribution in [2.45, 2.75) is 324 Å². The number of likely N-dealkylation sites (tertiary alicyclic amines) is 1. The highest BCUT2D eigenvalue weighted by Gasteiger charge is 2.49. The van der Waals surface area contributed by atoms with Crippen molar-refractivity contribution >= 4 is 72.8 Å². The van der Waals surface area contributed by atoms with E-state index in [2.05, 4.69) is 53.2 Å². The third-order valence-corrected chi connectivity index (χ3v) is 22.3. The lowest BCUT2D eigenvalue weighted by Gasteiger charge is -2.42. The first kappa shape index (κ1) is 114. The maximum absolute atomic E-state index is 14.1. The lowest BCUT2D eigenvalue weighted by atomic mass is 9.97. The number of aliphatic hydroxyl groups is 10. The number of amides is 11. The van der Waals surface area contributed by atoms with Crippen LogP contribution in [0.4, 0.5) is 0 Å². The van der Waals surface area contributed by atoms with Crippen molar-refractivity contribution in [1.29, 1.82) is 0 Å². The molecule has 4 saturated heterocycles. The van der Waals surface area contributed by atoms with Crippen molar-refractivity contribution in [3.05, 3.63) is 0 Å². The fourth-order valence-electron chi connectivity index (χ4n) is 14.3. The standard InChI is InChI=1S/C82H148N11O34P/c1-53(97)89-69-75(112)72(109)58(46-94)124-78(69)120-38-18-15-24-61(101)83-32-21-35-86-64(104)29-41-117-50-82(92-67(107)27-13-11-9-7-8-10-12-14-28-68(108)93-45-57(100)44-56(93)49-123-128(115,116)127-81(4,5)6,51-118-42-30-65(105)87-36-22-33-84-62(102)25-16-19-39-121-79-70(90-54(2)98)76(113)73(110)59(47-95)125-79)52-119-43-31-66(106)88-37-23-34-85-63(103)26-17-20-40-122-80-71(91-55(3)99)77(114)74(111)60(48-96)126-80/h56-60,69-80,94-96,100,109-114H,7-52H2,1-6H3,(H,83,101)(H,84,102)(H,85,103)(H,86,104)(H,87,105)(H,88,106)(H,89,97)(H,90,98)(H,91,99)(H,92,107)(H,115,116)/t56-,57+,58?,59?,60?,69?,70?,71?,72?,73?,74?,75?,76?,77?,78?,79?,80?,82?/m0/s1. The molecule has 4 aliphatic heterocycles. The van der Waals surface area contributed by atoms with Gasteiger partial charge in [0.2, 0.25) is 65.0 Å². The topological polar surface area (TPSA) is 652 Å². The molecule has 11 amide bonds. The van der Waals surface area contributed by atoms with Gasteiger partial charge in [-0.25, -0.2) is 4.57 Å². The van der Waals surface area contributed by atoms with Crippen LogP contribution in [0, 0.1) is 0 Å². The first-order chi connectivity index (χ1) is 60.9. The second kappa shape index (κ2) is 62.8. The van der Waals surface area contributed by atoms with Gasteiger partial charge in [0.15, 0.2) is 18.9 Å². The Balaban J connectivity index is 1.32. The molecule has 4 fully saturated rings. The molecule has 0 aromatic heterocycles. The number of nitrogens with zero attached hydrogens (tertiary/aromatic N) is 1. The van der Waals surface area contributed by atoms with Crippen molar-refractivity contribution in [2.24, 2.45) is 0 Å². The molecule has 4 heterocycles. The Morgan fingerprint density at radius 1 is 0.391 bits per heavy atom. The zero-order valence-corrected chi connectivity index (χ0v) is 75.9. The van der Waals surface area contributed by atoms with Gasteiger partial charge in [-0.2, -0.15) is 0 Å². The van der Waals surface area contributed by atoms with E-state index in [1.54, 1.807) is 20.8 Å². The average molecular weight is 1860 g/mol. The van der Waals surface area contributed by atoms with Gasteiger partial charge in [-0.15, -0.1) is 0 Å². The molecule has 4 rings (SSSR count). The molecular weight excluding hydrogens is 1710 g/mol. The first-order valence-corrected chi connectivity index (χ1v) is 46.2. The number of carbonyl (C=O) groups is 11. The van der Waals surface area contributed by atoms with Crippen LogP contribution in [0.2, 0.25) is 0 Å². The van der Waals surface area contributed by atoms with E-state index in [1.807, 2.05) is 0 Å².